The number of carbonyl (C=O) groups excluding carboxylic acids is 1. The smallest absolute Gasteiger partial charge is 0.333 e. The van der Waals surface area contributed by atoms with Gasteiger partial charge in [-0.3, -0.25) is 18.7 Å². The minimum absolute atomic E-state index is 0.00602. The van der Waals surface area contributed by atoms with Gasteiger partial charge in [-0.1, -0.05) is 18.2 Å². The second-order valence-corrected chi connectivity index (χ2v) is 7.80. The number of amides is 1. The first-order chi connectivity index (χ1) is 17.0. The first-order valence-corrected chi connectivity index (χ1v) is 11.0. The number of rotatable bonds is 7. The van der Waals surface area contributed by atoms with Gasteiger partial charge in [-0.15, -0.1) is 0 Å². The molecule has 2 aromatic carbocycles. The SMILES string of the molecule is CCOc1ccccc1NC(=O)Cn1c(=O)n(Cc2ccc3c(c2)OCO3)c(=O)c2cccnc21. The van der Waals surface area contributed by atoms with Crippen molar-refractivity contribution in [1.29, 1.82) is 0 Å². The number of para-hydroxylation sites is 2. The minimum atomic E-state index is -0.646. The highest BCUT2D eigenvalue weighted by molar-refractivity contribution is 5.92. The van der Waals surface area contributed by atoms with Gasteiger partial charge in [-0.05, 0) is 48.9 Å². The van der Waals surface area contributed by atoms with Crippen molar-refractivity contribution < 1.29 is 19.0 Å². The Morgan fingerprint density at radius 1 is 1.06 bits per heavy atom. The van der Waals surface area contributed by atoms with Gasteiger partial charge in [-0.25, -0.2) is 9.78 Å². The molecule has 0 aliphatic carbocycles. The predicted molar refractivity (Wildman–Crippen MR) is 128 cm³/mol. The molecule has 10 nitrogen and oxygen atoms in total. The van der Waals surface area contributed by atoms with Crippen molar-refractivity contribution in [3.63, 3.8) is 0 Å². The van der Waals surface area contributed by atoms with Gasteiger partial charge >= 0.3 is 5.69 Å². The number of pyridine rings is 1. The first-order valence-electron chi connectivity index (χ1n) is 11.0. The normalized spacial score (nSPS) is 12.0. The average molecular weight is 474 g/mol. The van der Waals surface area contributed by atoms with E-state index in [9.17, 15) is 14.4 Å². The minimum Gasteiger partial charge on any atom is -0.492 e. The highest BCUT2D eigenvalue weighted by Gasteiger charge is 2.19. The van der Waals surface area contributed by atoms with Crippen LogP contribution in [0.5, 0.6) is 17.2 Å². The van der Waals surface area contributed by atoms with Crippen LogP contribution in [0.4, 0.5) is 5.69 Å². The van der Waals surface area contributed by atoms with Crippen molar-refractivity contribution >= 4 is 22.6 Å². The third kappa shape index (κ3) is 4.33. The van der Waals surface area contributed by atoms with Crippen molar-refractivity contribution in [2.45, 2.75) is 20.0 Å². The van der Waals surface area contributed by atoms with E-state index in [4.69, 9.17) is 14.2 Å². The van der Waals surface area contributed by atoms with Gasteiger partial charge in [0.05, 0.1) is 24.2 Å². The molecule has 3 heterocycles. The maximum atomic E-state index is 13.4. The van der Waals surface area contributed by atoms with Crippen LogP contribution in [0.25, 0.3) is 11.0 Å². The van der Waals surface area contributed by atoms with Gasteiger partial charge in [0.1, 0.15) is 17.9 Å². The lowest BCUT2D eigenvalue weighted by molar-refractivity contribution is -0.116. The molecular formula is C25H22N4O6. The summed E-state index contributed by atoms with van der Waals surface area (Å²) >= 11 is 0. The Balaban J connectivity index is 1.51. The Labute approximate surface area is 199 Å². The molecule has 1 N–H and O–H groups in total. The average Bonchev–Trinajstić information content (AvgIpc) is 3.34. The number of hydrogen-bond acceptors (Lipinski definition) is 7. The molecular weight excluding hydrogens is 452 g/mol. The first kappa shape index (κ1) is 22.2. The predicted octanol–water partition coefficient (Wildman–Crippen LogP) is 2.37. The van der Waals surface area contributed by atoms with Crippen LogP contribution in [0.2, 0.25) is 0 Å². The molecule has 0 saturated heterocycles. The van der Waals surface area contributed by atoms with Gasteiger partial charge in [0, 0.05) is 6.20 Å². The van der Waals surface area contributed by atoms with E-state index in [-0.39, 0.29) is 30.9 Å². The Morgan fingerprint density at radius 3 is 2.74 bits per heavy atom. The van der Waals surface area contributed by atoms with Crippen LogP contribution in [0, 0.1) is 0 Å². The van der Waals surface area contributed by atoms with Crippen LogP contribution in [0.15, 0.2) is 70.4 Å². The van der Waals surface area contributed by atoms with Gasteiger partial charge in [0.2, 0.25) is 12.7 Å². The molecule has 1 aliphatic rings. The second kappa shape index (κ2) is 9.34. The highest BCUT2D eigenvalue weighted by atomic mass is 16.7. The molecule has 178 valence electrons. The van der Waals surface area contributed by atoms with E-state index in [1.165, 1.54) is 10.8 Å². The molecule has 35 heavy (non-hydrogen) atoms. The van der Waals surface area contributed by atoms with Crippen molar-refractivity contribution in [3.8, 4) is 17.2 Å². The molecule has 0 spiro atoms. The van der Waals surface area contributed by atoms with Crippen LogP contribution in [-0.4, -0.2) is 33.4 Å². The molecule has 0 fully saturated rings. The number of aromatic nitrogens is 3. The molecule has 4 aromatic rings. The molecule has 0 bridgehead atoms. The lowest BCUT2D eigenvalue weighted by Crippen LogP contribution is -2.42. The van der Waals surface area contributed by atoms with Gasteiger partial charge in [0.15, 0.2) is 11.5 Å². The van der Waals surface area contributed by atoms with E-state index in [1.54, 1.807) is 54.6 Å². The number of fused-ring (bicyclic) bond motifs is 2. The summed E-state index contributed by atoms with van der Waals surface area (Å²) in [6.07, 6.45) is 1.47. The Morgan fingerprint density at radius 2 is 1.89 bits per heavy atom. The van der Waals surface area contributed by atoms with Crippen LogP contribution in [0.1, 0.15) is 12.5 Å². The monoisotopic (exact) mass is 474 g/mol. The van der Waals surface area contributed by atoms with E-state index < -0.39 is 17.2 Å². The molecule has 0 unspecified atom stereocenters. The number of anilines is 1. The van der Waals surface area contributed by atoms with Crippen molar-refractivity contribution in [2.24, 2.45) is 0 Å². The quantitative estimate of drug-likeness (QED) is 0.437. The van der Waals surface area contributed by atoms with Gasteiger partial charge < -0.3 is 19.5 Å². The number of benzene rings is 2. The Kier molecular flexibility index (Phi) is 5.92. The highest BCUT2D eigenvalue weighted by Crippen LogP contribution is 2.32. The number of ether oxygens (including phenoxy) is 3. The summed E-state index contributed by atoms with van der Waals surface area (Å²) in [5.41, 5.74) is 0.163. The van der Waals surface area contributed by atoms with Gasteiger partial charge in [-0.2, -0.15) is 0 Å². The molecule has 0 atom stereocenters. The maximum Gasteiger partial charge on any atom is 0.333 e. The van der Waals surface area contributed by atoms with Crippen molar-refractivity contribution in [3.05, 3.63) is 87.2 Å². The molecule has 2 aromatic heterocycles. The fraction of sp³-hybridized carbons (Fsp3) is 0.200. The van der Waals surface area contributed by atoms with Crippen LogP contribution in [-0.2, 0) is 17.9 Å². The van der Waals surface area contributed by atoms with Crippen LogP contribution in [0.3, 0.4) is 0 Å². The molecule has 1 aliphatic heterocycles. The Hall–Kier alpha value is -4.60. The molecule has 10 heteroatoms. The zero-order valence-electron chi connectivity index (χ0n) is 18.9. The zero-order chi connectivity index (χ0) is 24.4. The zero-order valence-corrected chi connectivity index (χ0v) is 18.9. The fourth-order valence-electron chi connectivity index (χ4n) is 3.94. The van der Waals surface area contributed by atoms with E-state index in [0.29, 0.717) is 35.1 Å². The van der Waals surface area contributed by atoms with Gasteiger partial charge in [0.25, 0.3) is 5.56 Å². The maximum absolute atomic E-state index is 13.4. The number of carbonyl (C=O) groups is 1. The standard InChI is InChI=1S/C25H22N4O6/c1-2-33-19-8-4-3-7-18(19)27-22(30)14-28-23-17(6-5-11-26-23)24(31)29(25(28)32)13-16-9-10-20-21(12-16)35-15-34-20/h3-12H,2,13-15H2,1H3,(H,27,30). The number of hydrogen-bond donors (Lipinski definition) is 1. The third-order valence-electron chi connectivity index (χ3n) is 5.52. The molecule has 0 saturated carbocycles. The van der Waals surface area contributed by atoms with Crippen molar-refractivity contribution in [1.82, 2.24) is 14.1 Å². The summed E-state index contributed by atoms with van der Waals surface area (Å²) in [7, 11) is 0. The number of nitrogens with zero attached hydrogens (tertiary/aromatic N) is 3. The Bertz CT molecular complexity index is 1540. The van der Waals surface area contributed by atoms with Crippen LogP contribution < -0.4 is 30.8 Å². The fourth-order valence-corrected chi connectivity index (χ4v) is 3.94. The summed E-state index contributed by atoms with van der Waals surface area (Å²) in [6, 6.07) is 15.4. The van der Waals surface area contributed by atoms with Crippen molar-refractivity contribution in [2.75, 3.05) is 18.7 Å². The largest absolute Gasteiger partial charge is 0.492 e. The van der Waals surface area contributed by atoms with E-state index in [1.807, 2.05) is 6.92 Å². The molecule has 1 amide bonds. The summed E-state index contributed by atoms with van der Waals surface area (Å²) < 4.78 is 18.6. The summed E-state index contributed by atoms with van der Waals surface area (Å²) in [5.74, 6) is 1.21. The lowest BCUT2D eigenvalue weighted by Gasteiger charge is -2.15. The van der Waals surface area contributed by atoms with Crippen LogP contribution >= 0.6 is 0 Å². The summed E-state index contributed by atoms with van der Waals surface area (Å²) in [6.45, 7) is 2.06. The second-order valence-electron chi connectivity index (χ2n) is 7.80. The third-order valence-corrected chi connectivity index (χ3v) is 5.52. The summed E-state index contributed by atoms with van der Waals surface area (Å²) in [5, 5.41) is 3.01. The summed E-state index contributed by atoms with van der Waals surface area (Å²) in [4.78, 5) is 43.8. The van der Waals surface area contributed by atoms with E-state index in [0.717, 1.165) is 4.57 Å². The topological polar surface area (TPSA) is 114 Å². The molecule has 5 rings (SSSR count). The molecule has 0 radical (unpaired) electrons. The number of nitrogens with one attached hydrogen (secondary N) is 1. The van der Waals surface area contributed by atoms with E-state index >= 15 is 0 Å². The van der Waals surface area contributed by atoms with E-state index in [2.05, 4.69) is 10.3 Å². The lowest BCUT2D eigenvalue weighted by atomic mass is 10.2.